The Labute approximate surface area is 199 Å². The molecule has 2 atom stereocenters. The number of rotatable bonds is 8. The Morgan fingerprint density at radius 2 is 1.79 bits per heavy atom. The molecule has 1 aliphatic rings. The Morgan fingerprint density at radius 1 is 1.12 bits per heavy atom. The van der Waals surface area contributed by atoms with Crippen molar-refractivity contribution in [1.82, 2.24) is 4.90 Å². The van der Waals surface area contributed by atoms with Crippen LogP contribution in [0, 0.1) is 5.92 Å². The smallest absolute Gasteiger partial charge is 0.416 e. The molecule has 1 aliphatic heterocycles. The van der Waals surface area contributed by atoms with Gasteiger partial charge in [0.1, 0.15) is 5.75 Å². The minimum absolute atomic E-state index is 0. The molecule has 182 valence electrons. The van der Waals surface area contributed by atoms with E-state index in [-0.39, 0.29) is 30.2 Å². The number of anilines is 1. The molecule has 1 N–H and O–H groups in total. The van der Waals surface area contributed by atoms with E-state index in [1.807, 2.05) is 24.3 Å². The summed E-state index contributed by atoms with van der Waals surface area (Å²) in [4.78, 5) is 13.7. The van der Waals surface area contributed by atoms with Gasteiger partial charge in [-0.2, -0.15) is 13.2 Å². The molecular weight excluding hydrogens is 453 g/mol. The summed E-state index contributed by atoms with van der Waals surface area (Å²) in [7, 11) is 0. The number of nitrogens with zero attached hydrogens (tertiary/aromatic N) is 1. The lowest BCUT2D eigenvalue weighted by Gasteiger charge is -2.39. The third-order valence-corrected chi connectivity index (χ3v) is 5.95. The molecular formula is C25H32ClF3N2O2. The van der Waals surface area contributed by atoms with Crippen LogP contribution in [0.1, 0.15) is 50.2 Å². The standard InChI is InChI=1S/C25H31F3N2O2.ClH/c1-3-4-14-30-15-13-24(19-5-9-22(10-6-19)29-18(2)31)20(16-30)17-32-23-11-7-21(8-12-23)25(26,27)28;/h5-12,20,24H,3-4,13-17H2,1-2H3,(H,29,31);1H/t20-,24-;/m1./s1. The lowest BCUT2D eigenvalue weighted by molar-refractivity contribution is -0.137. The van der Waals surface area contributed by atoms with Gasteiger partial charge in [0.05, 0.1) is 12.2 Å². The number of ether oxygens (including phenoxy) is 1. The fourth-order valence-electron chi connectivity index (χ4n) is 4.26. The van der Waals surface area contributed by atoms with E-state index in [1.54, 1.807) is 0 Å². The van der Waals surface area contributed by atoms with Crippen molar-refractivity contribution < 1.29 is 22.7 Å². The van der Waals surface area contributed by atoms with Gasteiger partial charge in [0.25, 0.3) is 0 Å². The zero-order chi connectivity index (χ0) is 23.1. The predicted molar refractivity (Wildman–Crippen MR) is 127 cm³/mol. The third kappa shape index (κ3) is 7.93. The fourth-order valence-corrected chi connectivity index (χ4v) is 4.26. The maximum absolute atomic E-state index is 12.8. The quantitative estimate of drug-likeness (QED) is 0.473. The maximum atomic E-state index is 12.8. The number of halogens is 4. The van der Waals surface area contributed by atoms with E-state index in [9.17, 15) is 18.0 Å². The molecule has 1 amide bonds. The lowest BCUT2D eigenvalue weighted by Crippen LogP contribution is -2.42. The van der Waals surface area contributed by atoms with Crippen molar-refractivity contribution in [3.8, 4) is 5.75 Å². The van der Waals surface area contributed by atoms with Crippen molar-refractivity contribution in [2.45, 2.75) is 45.2 Å². The van der Waals surface area contributed by atoms with E-state index in [2.05, 4.69) is 17.1 Å². The number of unbranched alkanes of at least 4 members (excludes halogenated alkanes) is 1. The van der Waals surface area contributed by atoms with Crippen molar-refractivity contribution in [3.63, 3.8) is 0 Å². The van der Waals surface area contributed by atoms with Crippen molar-refractivity contribution in [3.05, 3.63) is 59.7 Å². The van der Waals surface area contributed by atoms with Crippen LogP contribution in [0.4, 0.5) is 18.9 Å². The van der Waals surface area contributed by atoms with Gasteiger partial charge in [-0.1, -0.05) is 25.5 Å². The highest BCUT2D eigenvalue weighted by Gasteiger charge is 2.32. The number of likely N-dealkylation sites (tertiary alicyclic amines) is 1. The predicted octanol–water partition coefficient (Wildman–Crippen LogP) is 6.37. The van der Waals surface area contributed by atoms with Crippen LogP contribution >= 0.6 is 12.4 Å². The van der Waals surface area contributed by atoms with Crippen molar-refractivity contribution in [1.29, 1.82) is 0 Å². The van der Waals surface area contributed by atoms with Gasteiger partial charge in [0, 0.05) is 25.1 Å². The summed E-state index contributed by atoms with van der Waals surface area (Å²) in [5.41, 5.74) is 1.28. The van der Waals surface area contributed by atoms with E-state index < -0.39 is 11.7 Å². The molecule has 3 rings (SSSR count). The summed E-state index contributed by atoms with van der Waals surface area (Å²) in [6.07, 6.45) is -1.08. The first-order valence-electron chi connectivity index (χ1n) is 11.2. The highest BCUT2D eigenvalue weighted by Crippen LogP contribution is 2.35. The molecule has 1 fully saturated rings. The van der Waals surface area contributed by atoms with Crippen LogP contribution in [0.15, 0.2) is 48.5 Å². The summed E-state index contributed by atoms with van der Waals surface area (Å²) >= 11 is 0. The molecule has 4 nitrogen and oxygen atoms in total. The highest BCUT2D eigenvalue weighted by atomic mass is 35.5. The number of benzene rings is 2. The van der Waals surface area contributed by atoms with Gasteiger partial charge in [0.2, 0.25) is 5.91 Å². The van der Waals surface area contributed by atoms with Gasteiger partial charge in [0.15, 0.2) is 0 Å². The van der Waals surface area contributed by atoms with Crippen LogP contribution in [0.2, 0.25) is 0 Å². The molecule has 0 aromatic heterocycles. The number of carbonyl (C=O) groups is 1. The Kier molecular flexibility index (Phi) is 10.0. The van der Waals surface area contributed by atoms with E-state index in [4.69, 9.17) is 4.74 Å². The highest BCUT2D eigenvalue weighted by molar-refractivity contribution is 5.88. The summed E-state index contributed by atoms with van der Waals surface area (Å²) in [5, 5.41) is 2.79. The Balaban J connectivity index is 0.00000385. The van der Waals surface area contributed by atoms with E-state index >= 15 is 0 Å². The van der Waals surface area contributed by atoms with Crippen LogP contribution in [0.3, 0.4) is 0 Å². The molecule has 0 saturated carbocycles. The van der Waals surface area contributed by atoms with E-state index in [0.29, 0.717) is 12.4 Å². The normalized spacial score (nSPS) is 18.9. The Hall–Kier alpha value is -2.25. The number of piperidine rings is 1. The molecule has 0 radical (unpaired) electrons. The maximum Gasteiger partial charge on any atom is 0.416 e. The average molecular weight is 485 g/mol. The third-order valence-electron chi connectivity index (χ3n) is 5.95. The average Bonchev–Trinajstić information content (AvgIpc) is 2.76. The summed E-state index contributed by atoms with van der Waals surface area (Å²) in [6.45, 7) is 7.03. The first-order valence-corrected chi connectivity index (χ1v) is 11.2. The van der Waals surface area contributed by atoms with E-state index in [0.717, 1.165) is 56.7 Å². The van der Waals surface area contributed by atoms with Gasteiger partial charge < -0.3 is 15.0 Å². The second-order valence-electron chi connectivity index (χ2n) is 8.45. The number of carbonyl (C=O) groups excluding carboxylic acids is 1. The minimum atomic E-state index is -4.35. The summed E-state index contributed by atoms with van der Waals surface area (Å²) in [6, 6.07) is 12.8. The largest absolute Gasteiger partial charge is 0.493 e. The Morgan fingerprint density at radius 3 is 2.36 bits per heavy atom. The minimum Gasteiger partial charge on any atom is -0.493 e. The van der Waals surface area contributed by atoms with Gasteiger partial charge in [-0.3, -0.25) is 4.79 Å². The van der Waals surface area contributed by atoms with Gasteiger partial charge in [-0.05, 0) is 73.8 Å². The summed E-state index contributed by atoms with van der Waals surface area (Å²) in [5.74, 6) is 0.844. The van der Waals surface area contributed by atoms with Crippen LogP contribution < -0.4 is 10.1 Å². The first kappa shape index (κ1) is 27.0. The fraction of sp³-hybridized carbons (Fsp3) is 0.480. The molecule has 8 heteroatoms. The Bertz CT molecular complexity index is 873. The second-order valence-corrected chi connectivity index (χ2v) is 8.45. The molecule has 0 unspecified atom stereocenters. The zero-order valence-electron chi connectivity index (χ0n) is 19.0. The topological polar surface area (TPSA) is 41.6 Å². The molecule has 0 spiro atoms. The van der Waals surface area contributed by atoms with Crippen molar-refractivity contribution in [2.75, 3.05) is 31.6 Å². The van der Waals surface area contributed by atoms with Crippen molar-refractivity contribution in [2.24, 2.45) is 5.92 Å². The van der Waals surface area contributed by atoms with Crippen LogP contribution in [-0.2, 0) is 11.0 Å². The number of hydrogen-bond acceptors (Lipinski definition) is 3. The van der Waals surface area contributed by atoms with Gasteiger partial charge in [-0.15, -0.1) is 12.4 Å². The molecule has 2 aromatic carbocycles. The number of hydrogen-bond donors (Lipinski definition) is 1. The molecule has 0 bridgehead atoms. The van der Waals surface area contributed by atoms with Gasteiger partial charge in [-0.25, -0.2) is 0 Å². The second kappa shape index (κ2) is 12.3. The number of alkyl halides is 3. The summed E-state index contributed by atoms with van der Waals surface area (Å²) < 4.78 is 44.4. The number of nitrogens with one attached hydrogen (secondary N) is 1. The number of amides is 1. The SMILES string of the molecule is CCCCN1CC[C@H](c2ccc(NC(C)=O)cc2)[C@@H](COc2ccc(C(F)(F)F)cc2)C1.Cl. The van der Waals surface area contributed by atoms with Gasteiger partial charge >= 0.3 is 6.18 Å². The molecule has 1 heterocycles. The molecule has 1 saturated heterocycles. The lowest BCUT2D eigenvalue weighted by atomic mass is 9.80. The van der Waals surface area contributed by atoms with Crippen LogP contribution in [0.5, 0.6) is 5.75 Å². The van der Waals surface area contributed by atoms with Crippen LogP contribution in [0.25, 0.3) is 0 Å². The monoisotopic (exact) mass is 484 g/mol. The molecule has 0 aliphatic carbocycles. The first-order chi connectivity index (χ1) is 15.3. The molecule has 2 aromatic rings. The van der Waals surface area contributed by atoms with Crippen molar-refractivity contribution >= 4 is 24.0 Å². The molecule has 33 heavy (non-hydrogen) atoms. The van der Waals surface area contributed by atoms with Crippen LogP contribution in [-0.4, -0.2) is 37.0 Å². The van der Waals surface area contributed by atoms with E-state index in [1.165, 1.54) is 24.6 Å². The zero-order valence-corrected chi connectivity index (χ0v) is 19.8.